The Morgan fingerprint density at radius 2 is 1.91 bits per heavy atom. The van der Waals surface area contributed by atoms with E-state index in [1.807, 2.05) is 30.3 Å². The lowest BCUT2D eigenvalue weighted by molar-refractivity contribution is 0.737. The first-order chi connectivity index (χ1) is 11.2. The van der Waals surface area contributed by atoms with Crippen molar-refractivity contribution in [3.63, 3.8) is 0 Å². The number of nitrogens with zero attached hydrogens (tertiary/aromatic N) is 3. The number of benzene rings is 2. The molecule has 1 aromatic heterocycles. The largest absolute Gasteiger partial charge is 0.192 e. The molecule has 0 saturated carbocycles. The summed E-state index contributed by atoms with van der Waals surface area (Å²) >= 11 is 1.66. The standard InChI is InChI=1S/C19H17N3S/c1-13-4-3-5-17(10-13)19-22-21-18(23-19)14(2)11-15-6-8-16(12-20)9-7-15/h3-10,14H,11H2,1-2H3/t14-/m0/s1. The number of rotatable bonds is 4. The summed E-state index contributed by atoms with van der Waals surface area (Å²) in [6, 6.07) is 18.2. The van der Waals surface area contributed by atoms with E-state index < -0.39 is 0 Å². The highest BCUT2D eigenvalue weighted by Gasteiger charge is 2.14. The van der Waals surface area contributed by atoms with Gasteiger partial charge >= 0.3 is 0 Å². The molecule has 0 unspecified atom stereocenters. The molecule has 0 aliphatic heterocycles. The Morgan fingerprint density at radius 3 is 2.61 bits per heavy atom. The van der Waals surface area contributed by atoms with Gasteiger partial charge in [0.15, 0.2) is 0 Å². The minimum atomic E-state index is 0.305. The van der Waals surface area contributed by atoms with Gasteiger partial charge in [0.2, 0.25) is 0 Å². The van der Waals surface area contributed by atoms with Crippen LogP contribution >= 0.6 is 11.3 Å². The Kier molecular flexibility index (Phi) is 4.50. The maximum absolute atomic E-state index is 8.85. The molecule has 0 N–H and O–H groups in total. The smallest absolute Gasteiger partial charge is 0.147 e. The third kappa shape index (κ3) is 3.64. The number of nitriles is 1. The predicted octanol–water partition coefficient (Wildman–Crippen LogP) is 4.73. The van der Waals surface area contributed by atoms with E-state index in [1.54, 1.807) is 11.3 Å². The molecule has 23 heavy (non-hydrogen) atoms. The zero-order valence-corrected chi connectivity index (χ0v) is 14.0. The molecule has 114 valence electrons. The van der Waals surface area contributed by atoms with Gasteiger partial charge in [-0.15, -0.1) is 10.2 Å². The monoisotopic (exact) mass is 319 g/mol. The van der Waals surface area contributed by atoms with E-state index >= 15 is 0 Å². The summed E-state index contributed by atoms with van der Waals surface area (Å²) in [5.41, 5.74) is 4.26. The topological polar surface area (TPSA) is 49.6 Å². The molecule has 0 radical (unpaired) electrons. The summed E-state index contributed by atoms with van der Waals surface area (Å²) < 4.78 is 0. The average Bonchev–Trinajstić information content (AvgIpc) is 3.06. The van der Waals surface area contributed by atoms with E-state index in [9.17, 15) is 0 Å². The van der Waals surface area contributed by atoms with Crippen LogP contribution in [0.15, 0.2) is 48.5 Å². The highest BCUT2D eigenvalue weighted by molar-refractivity contribution is 7.14. The molecule has 3 rings (SSSR count). The molecule has 1 atom stereocenters. The van der Waals surface area contributed by atoms with E-state index in [1.165, 1.54) is 11.1 Å². The second-order valence-corrected chi connectivity index (χ2v) is 6.74. The predicted molar refractivity (Wildman–Crippen MR) is 93.4 cm³/mol. The van der Waals surface area contributed by atoms with Crippen molar-refractivity contribution in [2.45, 2.75) is 26.2 Å². The third-order valence-electron chi connectivity index (χ3n) is 3.75. The van der Waals surface area contributed by atoms with E-state index in [-0.39, 0.29) is 0 Å². The molecule has 0 aliphatic rings. The molecular formula is C19H17N3S. The average molecular weight is 319 g/mol. The van der Waals surface area contributed by atoms with Gasteiger partial charge in [-0.05, 0) is 37.1 Å². The fourth-order valence-electron chi connectivity index (χ4n) is 2.48. The van der Waals surface area contributed by atoms with Crippen molar-refractivity contribution in [1.82, 2.24) is 10.2 Å². The van der Waals surface area contributed by atoms with Gasteiger partial charge in [-0.25, -0.2) is 0 Å². The summed E-state index contributed by atoms with van der Waals surface area (Å²) in [6.07, 6.45) is 0.897. The van der Waals surface area contributed by atoms with Crippen LogP contribution in [0.1, 0.15) is 34.5 Å². The van der Waals surface area contributed by atoms with Gasteiger partial charge in [0.05, 0.1) is 11.6 Å². The molecule has 0 spiro atoms. The van der Waals surface area contributed by atoms with Crippen molar-refractivity contribution < 1.29 is 0 Å². The number of aromatic nitrogens is 2. The van der Waals surface area contributed by atoms with E-state index in [2.05, 4.69) is 48.3 Å². The van der Waals surface area contributed by atoms with Crippen molar-refractivity contribution in [1.29, 1.82) is 5.26 Å². The van der Waals surface area contributed by atoms with Crippen LogP contribution in [0, 0.1) is 18.3 Å². The lowest BCUT2D eigenvalue weighted by Crippen LogP contribution is -1.98. The van der Waals surface area contributed by atoms with Crippen LogP contribution in [0.3, 0.4) is 0 Å². The first-order valence-corrected chi connectivity index (χ1v) is 8.37. The molecule has 0 saturated heterocycles. The quantitative estimate of drug-likeness (QED) is 0.698. The zero-order valence-electron chi connectivity index (χ0n) is 13.2. The lowest BCUT2D eigenvalue weighted by atomic mass is 10.0. The lowest BCUT2D eigenvalue weighted by Gasteiger charge is -2.07. The fourth-order valence-corrected chi connectivity index (χ4v) is 3.38. The van der Waals surface area contributed by atoms with Gasteiger partial charge in [-0.1, -0.05) is 54.2 Å². The first-order valence-electron chi connectivity index (χ1n) is 7.55. The molecule has 0 amide bonds. The number of aryl methyl sites for hydroxylation is 1. The van der Waals surface area contributed by atoms with Gasteiger partial charge in [-0.2, -0.15) is 5.26 Å². The van der Waals surface area contributed by atoms with Crippen molar-refractivity contribution >= 4 is 11.3 Å². The van der Waals surface area contributed by atoms with E-state index in [0.29, 0.717) is 11.5 Å². The summed E-state index contributed by atoms with van der Waals surface area (Å²) in [5.74, 6) is 0.305. The Hall–Kier alpha value is -2.51. The molecular weight excluding hydrogens is 302 g/mol. The maximum Gasteiger partial charge on any atom is 0.147 e. The van der Waals surface area contributed by atoms with Gasteiger partial charge in [0.1, 0.15) is 10.0 Å². The highest BCUT2D eigenvalue weighted by atomic mass is 32.1. The summed E-state index contributed by atoms with van der Waals surface area (Å²) in [4.78, 5) is 0. The number of hydrogen-bond donors (Lipinski definition) is 0. The van der Waals surface area contributed by atoms with Crippen molar-refractivity contribution in [2.24, 2.45) is 0 Å². The third-order valence-corrected chi connectivity index (χ3v) is 4.96. The minimum Gasteiger partial charge on any atom is -0.192 e. The van der Waals surface area contributed by atoms with Crippen LogP contribution in [0.25, 0.3) is 10.6 Å². The Morgan fingerprint density at radius 1 is 1.13 bits per heavy atom. The Balaban J connectivity index is 1.75. The molecule has 2 aromatic carbocycles. The van der Waals surface area contributed by atoms with E-state index in [4.69, 9.17) is 5.26 Å². The van der Waals surface area contributed by atoms with Gasteiger partial charge in [0, 0.05) is 11.5 Å². The molecule has 3 nitrogen and oxygen atoms in total. The van der Waals surface area contributed by atoms with Crippen LogP contribution < -0.4 is 0 Å². The summed E-state index contributed by atoms with van der Waals surface area (Å²) in [6.45, 7) is 4.25. The highest BCUT2D eigenvalue weighted by Crippen LogP contribution is 2.29. The zero-order chi connectivity index (χ0) is 16.2. The van der Waals surface area contributed by atoms with Crippen LogP contribution in [-0.4, -0.2) is 10.2 Å². The first kappa shape index (κ1) is 15.4. The van der Waals surface area contributed by atoms with E-state index in [0.717, 1.165) is 22.0 Å². The second-order valence-electron chi connectivity index (χ2n) is 5.73. The number of hydrogen-bond acceptors (Lipinski definition) is 4. The van der Waals surface area contributed by atoms with Crippen LogP contribution in [0.5, 0.6) is 0 Å². The maximum atomic E-state index is 8.85. The normalized spacial score (nSPS) is 11.9. The Labute approximate surface area is 140 Å². The van der Waals surface area contributed by atoms with Crippen LogP contribution in [-0.2, 0) is 6.42 Å². The van der Waals surface area contributed by atoms with Gasteiger partial charge < -0.3 is 0 Å². The SMILES string of the molecule is Cc1cccc(-c2nnc([C@@H](C)Cc3ccc(C#N)cc3)s2)c1. The molecule has 3 aromatic rings. The molecule has 0 bridgehead atoms. The van der Waals surface area contributed by atoms with Crippen molar-refractivity contribution in [2.75, 3.05) is 0 Å². The molecule has 1 heterocycles. The molecule has 0 aliphatic carbocycles. The van der Waals surface area contributed by atoms with Gasteiger partial charge in [-0.3, -0.25) is 0 Å². The van der Waals surface area contributed by atoms with Crippen LogP contribution in [0.2, 0.25) is 0 Å². The van der Waals surface area contributed by atoms with Crippen molar-refractivity contribution in [3.8, 4) is 16.6 Å². The van der Waals surface area contributed by atoms with Crippen molar-refractivity contribution in [3.05, 3.63) is 70.2 Å². The second kappa shape index (κ2) is 6.72. The molecule has 4 heteroatoms. The molecule has 0 fully saturated rings. The van der Waals surface area contributed by atoms with Crippen LogP contribution in [0.4, 0.5) is 0 Å². The summed E-state index contributed by atoms with van der Waals surface area (Å²) in [5, 5.41) is 19.6. The Bertz CT molecular complexity index is 844. The van der Waals surface area contributed by atoms with Gasteiger partial charge in [0.25, 0.3) is 0 Å². The fraction of sp³-hybridized carbons (Fsp3) is 0.211. The minimum absolute atomic E-state index is 0.305. The summed E-state index contributed by atoms with van der Waals surface area (Å²) in [7, 11) is 0.